The minimum Gasteiger partial charge on any atom is -0.350 e. The van der Waals surface area contributed by atoms with Crippen LogP contribution in [0.5, 0.6) is 0 Å². The van der Waals surface area contributed by atoms with E-state index in [4.69, 9.17) is 0 Å². The molecular formula is C23H30N2OS. The summed E-state index contributed by atoms with van der Waals surface area (Å²) in [6, 6.07) is 6.36. The normalized spacial score (nSPS) is 13.0. The van der Waals surface area contributed by atoms with E-state index in [1.807, 2.05) is 18.3 Å². The number of carbonyl (C=O) groups excluding carboxylic acids is 1. The van der Waals surface area contributed by atoms with Crippen LogP contribution in [0.4, 0.5) is 0 Å². The number of carbonyl (C=O) groups is 1. The van der Waals surface area contributed by atoms with Crippen molar-refractivity contribution < 1.29 is 4.79 Å². The standard InChI is InChI=1S/C23H30N2OS/c1-3-4-11-21(22-14-16-27-18-22)12-6-13-23(26)25-19(2)8-5-9-20-10-7-15-24-17-20/h6-7,10,12-19H,3-5,8-9,11H2,1-2H3,(H,25,26)/b13-6+,21-12+. The van der Waals surface area contributed by atoms with Crippen LogP contribution in [-0.4, -0.2) is 16.9 Å². The number of rotatable bonds is 11. The minimum absolute atomic E-state index is 0.0275. The Hall–Kier alpha value is -2.20. The summed E-state index contributed by atoms with van der Waals surface area (Å²) in [6.45, 7) is 4.26. The second-order valence-corrected chi connectivity index (χ2v) is 7.61. The quantitative estimate of drug-likeness (QED) is 0.394. The van der Waals surface area contributed by atoms with Crippen molar-refractivity contribution in [1.29, 1.82) is 0 Å². The molecule has 1 unspecified atom stereocenters. The summed E-state index contributed by atoms with van der Waals surface area (Å²) in [7, 11) is 0. The number of unbranched alkanes of at least 4 members (excludes halogenated alkanes) is 1. The van der Waals surface area contributed by atoms with E-state index in [-0.39, 0.29) is 11.9 Å². The fourth-order valence-electron chi connectivity index (χ4n) is 2.91. The number of pyridine rings is 1. The van der Waals surface area contributed by atoms with Gasteiger partial charge in [-0.05, 0) is 78.6 Å². The molecule has 2 aromatic rings. The molecule has 0 aromatic carbocycles. The third-order valence-corrected chi connectivity index (χ3v) is 5.13. The SMILES string of the molecule is CCCC/C(=C\C=C\C(=O)NC(C)CCCc1cccnc1)c1ccsc1. The molecule has 1 N–H and O–H groups in total. The number of hydrogen-bond acceptors (Lipinski definition) is 3. The highest BCUT2D eigenvalue weighted by Crippen LogP contribution is 2.23. The van der Waals surface area contributed by atoms with Crippen LogP contribution in [0.1, 0.15) is 57.1 Å². The number of nitrogens with one attached hydrogen (secondary N) is 1. The van der Waals surface area contributed by atoms with E-state index in [1.165, 1.54) is 23.1 Å². The van der Waals surface area contributed by atoms with Gasteiger partial charge in [0.2, 0.25) is 5.91 Å². The van der Waals surface area contributed by atoms with Gasteiger partial charge in [0, 0.05) is 24.5 Å². The summed E-state index contributed by atoms with van der Waals surface area (Å²) in [5.41, 5.74) is 3.81. The molecule has 0 bridgehead atoms. The van der Waals surface area contributed by atoms with Crippen molar-refractivity contribution in [3.63, 3.8) is 0 Å². The average Bonchev–Trinajstić information content (AvgIpc) is 3.20. The summed E-state index contributed by atoms with van der Waals surface area (Å²) >= 11 is 1.71. The van der Waals surface area contributed by atoms with Gasteiger partial charge in [0.1, 0.15) is 0 Å². The Balaban J connectivity index is 1.77. The first-order valence-electron chi connectivity index (χ1n) is 9.78. The smallest absolute Gasteiger partial charge is 0.244 e. The largest absolute Gasteiger partial charge is 0.350 e. The highest BCUT2D eigenvalue weighted by atomic mass is 32.1. The highest BCUT2D eigenvalue weighted by Gasteiger charge is 2.05. The van der Waals surface area contributed by atoms with Crippen molar-refractivity contribution in [2.24, 2.45) is 0 Å². The number of allylic oxidation sites excluding steroid dienone is 3. The van der Waals surface area contributed by atoms with Crippen molar-refractivity contribution >= 4 is 22.8 Å². The molecule has 2 heterocycles. The van der Waals surface area contributed by atoms with Gasteiger partial charge in [-0.2, -0.15) is 11.3 Å². The maximum atomic E-state index is 12.1. The van der Waals surface area contributed by atoms with Crippen LogP contribution >= 0.6 is 11.3 Å². The molecule has 27 heavy (non-hydrogen) atoms. The number of nitrogens with zero attached hydrogens (tertiary/aromatic N) is 1. The number of hydrogen-bond donors (Lipinski definition) is 1. The fourth-order valence-corrected chi connectivity index (χ4v) is 3.59. The van der Waals surface area contributed by atoms with E-state index >= 15 is 0 Å². The Labute approximate surface area is 167 Å². The van der Waals surface area contributed by atoms with Crippen molar-refractivity contribution in [3.05, 3.63) is 70.7 Å². The van der Waals surface area contributed by atoms with Crippen molar-refractivity contribution in [3.8, 4) is 0 Å². The van der Waals surface area contributed by atoms with E-state index < -0.39 is 0 Å². The molecule has 1 atom stereocenters. The Morgan fingerprint density at radius 2 is 2.22 bits per heavy atom. The van der Waals surface area contributed by atoms with Crippen LogP contribution in [0.25, 0.3) is 5.57 Å². The third-order valence-electron chi connectivity index (χ3n) is 4.45. The molecule has 3 nitrogen and oxygen atoms in total. The molecule has 0 fully saturated rings. The minimum atomic E-state index is -0.0275. The van der Waals surface area contributed by atoms with E-state index in [9.17, 15) is 4.79 Å². The van der Waals surface area contributed by atoms with Gasteiger partial charge >= 0.3 is 0 Å². The first-order chi connectivity index (χ1) is 13.2. The zero-order valence-corrected chi connectivity index (χ0v) is 17.2. The Morgan fingerprint density at radius 1 is 1.33 bits per heavy atom. The molecule has 0 aliphatic carbocycles. The third kappa shape index (κ3) is 8.35. The van der Waals surface area contributed by atoms with Crippen LogP contribution < -0.4 is 5.32 Å². The van der Waals surface area contributed by atoms with Crippen LogP contribution in [-0.2, 0) is 11.2 Å². The Kier molecular flexibility index (Phi) is 9.56. The van der Waals surface area contributed by atoms with E-state index in [0.29, 0.717) is 0 Å². The van der Waals surface area contributed by atoms with Crippen molar-refractivity contribution in [2.75, 3.05) is 0 Å². The van der Waals surface area contributed by atoms with E-state index in [2.05, 4.69) is 53.1 Å². The molecule has 0 aliphatic heterocycles. The summed E-state index contributed by atoms with van der Waals surface area (Å²) < 4.78 is 0. The van der Waals surface area contributed by atoms with Gasteiger partial charge in [-0.15, -0.1) is 0 Å². The van der Waals surface area contributed by atoms with Gasteiger partial charge in [-0.1, -0.05) is 31.6 Å². The lowest BCUT2D eigenvalue weighted by molar-refractivity contribution is -0.117. The van der Waals surface area contributed by atoms with Crippen molar-refractivity contribution in [1.82, 2.24) is 10.3 Å². The molecule has 2 rings (SSSR count). The maximum absolute atomic E-state index is 12.1. The number of amides is 1. The Morgan fingerprint density at radius 3 is 2.93 bits per heavy atom. The molecule has 144 valence electrons. The maximum Gasteiger partial charge on any atom is 0.244 e. The Bertz CT molecular complexity index is 720. The molecule has 0 radical (unpaired) electrons. The molecule has 2 aromatic heterocycles. The predicted molar refractivity (Wildman–Crippen MR) is 116 cm³/mol. The first-order valence-corrected chi connectivity index (χ1v) is 10.7. The second-order valence-electron chi connectivity index (χ2n) is 6.83. The average molecular weight is 383 g/mol. The number of thiophene rings is 1. The second kappa shape index (κ2) is 12.2. The first kappa shape index (κ1) is 21.1. The fraction of sp³-hybridized carbons (Fsp3) is 0.391. The van der Waals surface area contributed by atoms with E-state index in [1.54, 1.807) is 23.6 Å². The summed E-state index contributed by atoms with van der Waals surface area (Å²) in [4.78, 5) is 16.3. The molecule has 4 heteroatoms. The topological polar surface area (TPSA) is 42.0 Å². The molecule has 0 saturated heterocycles. The van der Waals surface area contributed by atoms with Crippen LogP contribution in [0, 0.1) is 0 Å². The lowest BCUT2D eigenvalue weighted by atomic mass is 10.0. The lowest BCUT2D eigenvalue weighted by Crippen LogP contribution is -2.31. The summed E-state index contributed by atoms with van der Waals surface area (Å²) in [5.74, 6) is -0.0275. The molecule has 0 aliphatic rings. The molecular weight excluding hydrogens is 352 g/mol. The van der Waals surface area contributed by atoms with Gasteiger partial charge in [-0.25, -0.2) is 0 Å². The van der Waals surface area contributed by atoms with Crippen LogP contribution in [0.3, 0.4) is 0 Å². The zero-order valence-electron chi connectivity index (χ0n) is 16.4. The predicted octanol–water partition coefficient (Wildman–Crippen LogP) is 5.80. The lowest BCUT2D eigenvalue weighted by Gasteiger charge is -2.12. The monoisotopic (exact) mass is 382 g/mol. The van der Waals surface area contributed by atoms with Crippen LogP contribution in [0.2, 0.25) is 0 Å². The number of aryl methyl sites for hydroxylation is 1. The van der Waals surface area contributed by atoms with Crippen LogP contribution in [0.15, 0.2) is 59.6 Å². The molecule has 0 saturated carbocycles. The highest BCUT2D eigenvalue weighted by molar-refractivity contribution is 7.08. The summed E-state index contributed by atoms with van der Waals surface area (Å²) in [6.07, 6.45) is 15.6. The summed E-state index contributed by atoms with van der Waals surface area (Å²) in [5, 5.41) is 7.31. The van der Waals surface area contributed by atoms with Gasteiger partial charge in [0.05, 0.1) is 0 Å². The molecule has 0 spiro atoms. The van der Waals surface area contributed by atoms with Gasteiger partial charge < -0.3 is 5.32 Å². The van der Waals surface area contributed by atoms with Gasteiger partial charge in [-0.3, -0.25) is 9.78 Å². The van der Waals surface area contributed by atoms with Gasteiger partial charge in [0.15, 0.2) is 0 Å². The zero-order chi connectivity index (χ0) is 19.3. The van der Waals surface area contributed by atoms with Gasteiger partial charge in [0.25, 0.3) is 0 Å². The van der Waals surface area contributed by atoms with Crippen molar-refractivity contribution in [2.45, 2.75) is 58.4 Å². The van der Waals surface area contributed by atoms with E-state index in [0.717, 1.165) is 32.1 Å². The number of aromatic nitrogens is 1. The molecule has 1 amide bonds.